The lowest BCUT2D eigenvalue weighted by molar-refractivity contribution is 0.155. The quantitative estimate of drug-likeness (QED) is 0.757. The van der Waals surface area contributed by atoms with Crippen molar-refractivity contribution >= 4 is 0 Å². The molecule has 0 radical (unpaired) electrons. The molecule has 2 nitrogen and oxygen atoms in total. The van der Waals surface area contributed by atoms with Crippen LogP contribution in [0.25, 0.3) is 0 Å². The van der Waals surface area contributed by atoms with Crippen molar-refractivity contribution in [2.45, 2.75) is 64.5 Å². The summed E-state index contributed by atoms with van der Waals surface area (Å²) in [6, 6.07) is 2.11. The number of fused-ring (bicyclic) bond motifs is 1. The second-order valence-electron chi connectivity index (χ2n) is 4.88. The summed E-state index contributed by atoms with van der Waals surface area (Å²) in [7, 11) is 0. The molecule has 1 aliphatic carbocycles. The van der Waals surface area contributed by atoms with Crippen LogP contribution in [-0.4, -0.2) is 9.67 Å². The molecule has 1 aromatic heterocycles. The monoisotopic (exact) mass is 221 g/mol. The van der Waals surface area contributed by atoms with Gasteiger partial charge in [0.2, 0.25) is 0 Å². The molecule has 0 saturated heterocycles. The van der Waals surface area contributed by atoms with Crippen molar-refractivity contribution < 1.29 is 5.11 Å². The van der Waals surface area contributed by atoms with E-state index in [0.717, 1.165) is 25.8 Å². The Balaban J connectivity index is 1.95. The van der Waals surface area contributed by atoms with E-state index in [1.807, 2.05) is 0 Å². The highest BCUT2D eigenvalue weighted by Crippen LogP contribution is 2.30. The zero-order chi connectivity index (χ0) is 11.4. The van der Waals surface area contributed by atoms with E-state index in [9.17, 15) is 5.11 Å². The van der Waals surface area contributed by atoms with Gasteiger partial charge >= 0.3 is 0 Å². The van der Waals surface area contributed by atoms with Crippen LogP contribution >= 0.6 is 0 Å². The van der Waals surface area contributed by atoms with E-state index in [-0.39, 0.29) is 6.10 Å². The molecule has 2 rings (SSSR count). The van der Waals surface area contributed by atoms with Gasteiger partial charge in [-0.3, -0.25) is 0 Å². The highest BCUT2D eigenvalue weighted by atomic mass is 16.3. The Bertz CT molecular complexity index is 329. The molecule has 0 aromatic carbocycles. The highest BCUT2D eigenvalue weighted by Gasteiger charge is 2.20. The molecule has 0 bridgehead atoms. The maximum atomic E-state index is 9.87. The summed E-state index contributed by atoms with van der Waals surface area (Å²) in [5, 5.41) is 9.87. The van der Waals surface area contributed by atoms with Gasteiger partial charge in [0.25, 0.3) is 0 Å². The maximum absolute atomic E-state index is 9.87. The van der Waals surface area contributed by atoms with Crippen LogP contribution < -0.4 is 0 Å². The summed E-state index contributed by atoms with van der Waals surface area (Å²) >= 11 is 0. The fourth-order valence-corrected chi connectivity index (χ4v) is 2.65. The largest absolute Gasteiger partial charge is 0.388 e. The van der Waals surface area contributed by atoms with Gasteiger partial charge in [-0.1, -0.05) is 26.2 Å². The lowest BCUT2D eigenvalue weighted by Gasteiger charge is -2.20. The first kappa shape index (κ1) is 11.7. The van der Waals surface area contributed by atoms with Crippen molar-refractivity contribution in [1.29, 1.82) is 0 Å². The number of aliphatic hydroxyl groups excluding tert-OH is 1. The first-order valence-corrected chi connectivity index (χ1v) is 6.69. The lowest BCUT2D eigenvalue weighted by atomic mass is 9.95. The number of hydrogen-bond donors (Lipinski definition) is 1. The first-order valence-electron chi connectivity index (χ1n) is 6.69. The van der Waals surface area contributed by atoms with Crippen LogP contribution in [0.5, 0.6) is 0 Å². The molecule has 0 saturated carbocycles. The van der Waals surface area contributed by atoms with E-state index < -0.39 is 0 Å². The van der Waals surface area contributed by atoms with Crippen LogP contribution in [0.15, 0.2) is 12.3 Å². The molecule has 0 fully saturated rings. The minimum Gasteiger partial charge on any atom is -0.388 e. The van der Waals surface area contributed by atoms with E-state index in [2.05, 4.69) is 23.8 Å². The van der Waals surface area contributed by atoms with Gasteiger partial charge in [-0.2, -0.15) is 0 Å². The summed E-state index contributed by atoms with van der Waals surface area (Å²) < 4.78 is 2.35. The number of hydrogen-bond acceptors (Lipinski definition) is 1. The Hall–Kier alpha value is -0.760. The van der Waals surface area contributed by atoms with Crippen LogP contribution in [0.2, 0.25) is 0 Å². The van der Waals surface area contributed by atoms with Gasteiger partial charge in [-0.05, 0) is 31.7 Å². The molecule has 1 atom stereocenters. The average molecular weight is 221 g/mol. The van der Waals surface area contributed by atoms with Gasteiger partial charge in [0.15, 0.2) is 0 Å². The lowest BCUT2D eigenvalue weighted by Crippen LogP contribution is -2.12. The SMILES string of the molecule is CCCCCCn1ccc2c1CCCC2O. The van der Waals surface area contributed by atoms with Gasteiger partial charge in [0, 0.05) is 24.0 Å². The molecule has 16 heavy (non-hydrogen) atoms. The fraction of sp³-hybridized carbons (Fsp3) is 0.714. The Kier molecular flexibility index (Phi) is 4.05. The van der Waals surface area contributed by atoms with E-state index in [1.165, 1.54) is 36.9 Å². The van der Waals surface area contributed by atoms with E-state index in [4.69, 9.17) is 0 Å². The standard InChI is InChI=1S/C14H23NO/c1-2-3-4-5-10-15-11-9-12-13(15)7-6-8-14(12)16/h9,11,14,16H,2-8,10H2,1H3. The zero-order valence-corrected chi connectivity index (χ0v) is 10.3. The van der Waals surface area contributed by atoms with Crippen molar-refractivity contribution in [2.75, 3.05) is 0 Å². The van der Waals surface area contributed by atoms with Gasteiger partial charge in [0.1, 0.15) is 0 Å². The van der Waals surface area contributed by atoms with Gasteiger partial charge in [-0.15, -0.1) is 0 Å². The van der Waals surface area contributed by atoms with Crippen LogP contribution in [0.4, 0.5) is 0 Å². The fourth-order valence-electron chi connectivity index (χ4n) is 2.65. The highest BCUT2D eigenvalue weighted by molar-refractivity contribution is 5.27. The summed E-state index contributed by atoms with van der Waals surface area (Å²) in [6.45, 7) is 3.37. The van der Waals surface area contributed by atoms with E-state index in [0.29, 0.717) is 0 Å². The second-order valence-corrected chi connectivity index (χ2v) is 4.88. The predicted octanol–water partition coefficient (Wildman–Crippen LogP) is 3.44. The Morgan fingerprint density at radius 1 is 1.38 bits per heavy atom. The summed E-state index contributed by atoms with van der Waals surface area (Å²) in [6.07, 6.45) is 10.4. The number of nitrogens with zero attached hydrogens (tertiary/aromatic N) is 1. The smallest absolute Gasteiger partial charge is 0.0807 e. The van der Waals surface area contributed by atoms with Gasteiger partial charge in [0.05, 0.1) is 6.10 Å². The molecule has 0 aliphatic heterocycles. The minimum absolute atomic E-state index is 0.208. The molecule has 1 heterocycles. The third-order valence-electron chi connectivity index (χ3n) is 3.62. The molecule has 0 amide bonds. The molecule has 90 valence electrons. The van der Waals surface area contributed by atoms with Crippen molar-refractivity contribution in [3.05, 3.63) is 23.5 Å². The summed E-state index contributed by atoms with van der Waals surface area (Å²) in [5.41, 5.74) is 2.57. The molecule has 1 unspecified atom stereocenters. The van der Waals surface area contributed by atoms with Crippen LogP contribution in [-0.2, 0) is 13.0 Å². The second kappa shape index (κ2) is 5.53. The van der Waals surface area contributed by atoms with Crippen molar-refractivity contribution in [3.63, 3.8) is 0 Å². The number of aryl methyl sites for hydroxylation is 1. The zero-order valence-electron chi connectivity index (χ0n) is 10.3. The van der Waals surface area contributed by atoms with Crippen LogP contribution in [0.1, 0.15) is 62.8 Å². The summed E-state index contributed by atoms with van der Waals surface area (Å²) in [5.74, 6) is 0. The van der Waals surface area contributed by atoms with E-state index >= 15 is 0 Å². The van der Waals surface area contributed by atoms with Gasteiger partial charge < -0.3 is 9.67 Å². The van der Waals surface area contributed by atoms with Gasteiger partial charge in [-0.25, -0.2) is 0 Å². The first-order chi connectivity index (χ1) is 7.83. The van der Waals surface area contributed by atoms with Crippen LogP contribution in [0, 0.1) is 0 Å². The normalized spacial score (nSPS) is 19.8. The number of aliphatic hydroxyl groups is 1. The Morgan fingerprint density at radius 3 is 3.06 bits per heavy atom. The average Bonchev–Trinajstić information content (AvgIpc) is 2.70. The van der Waals surface area contributed by atoms with Crippen molar-refractivity contribution in [2.24, 2.45) is 0 Å². The number of rotatable bonds is 5. The van der Waals surface area contributed by atoms with Crippen LogP contribution in [0.3, 0.4) is 0 Å². The number of aromatic nitrogens is 1. The third kappa shape index (κ3) is 2.49. The predicted molar refractivity (Wildman–Crippen MR) is 66.5 cm³/mol. The molecular weight excluding hydrogens is 198 g/mol. The number of unbranched alkanes of at least 4 members (excludes halogenated alkanes) is 3. The van der Waals surface area contributed by atoms with E-state index in [1.54, 1.807) is 0 Å². The molecule has 2 heteroatoms. The maximum Gasteiger partial charge on any atom is 0.0807 e. The third-order valence-corrected chi connectivity index (χ3v) is 3.62. The Labute approximate surface area is 98.3 Å². The molecule has 1 aromatic rings. The van der Waals surface area contributed by atoms with Crippen molar-refractivity contribution in [3.8, 4) is 0 Å². The molecule has 0 spiro atoms. The Morgan fingerprint density at radius 2 is 2.25 bits per heavy atom. The molecular formula is C14H23NO. The molecule has 1 N–H and O–H groups in total. The summed E-state index contributed by atoms with van der Waals surface area (Å²) in [4.78, 5) is 0. The molecule has 1 aliphatic rings. The minimum atomic E-state index is -0.208. The van der Waals surface area contributed by atoms with Crippen molar-refractivity contribution in [1.82, 2.24) is 4.57 Å². The topological polar surface area (TPSA) is 25.2 Å².